The maximum atomic E-state index is 5.53. The molecule has 0 aliphatic carbocycles. The van der Waals surface area contributed by atoms with Gasteiger partial charge in [-0.3, -0.25) is 0 Å². The molecule has 90 valence electrons. The molecule has 1 saturated heterocycles. The lowest BCUT2D eigenvalue weighted by molar-refractivity contribution is 0.110. The number of ether oxygens (including phenoxy) is 1. The molecule has 1 fully saturated rings. The Balaban J connectivity index is 1.76. The second kappa shape index (κ2) is 8.08. The van der Waals surface area contributed by atoms with Gasteiger partial charge in [0.15, 0.2) is 0 Å². The summed E-state index contributed by atoms with van der Waals surface area (Å²) in [5.41, 5.74) is 0. The first kappa shape index (κ1) is 12.9. The fourth-order valence-electron chi connectivity index (χ4n) is 1.80. The van der Waals surface area contributed by atoms with E-state index in [1.54, 1.807) is 0 Å². The molecule has 3 nitrogen and oxygen atoms in total. The zero-order valence-electron chi connectivity index (χ0n) is 10.2. The molecule has 0 unspecified atom stereocenters. The summed E-state index contributed by atoms with van der Waals surface area (Å²) >= 11 is 0. The van der Waals surface area contributed by atoms with Gasteiger partial charge in [-0.05, 0) is 44.8 Å². The lowest BCUT2D eigenvalue weighted by atomic mass is 10.2. The minimum atomic E-state index is 0.480. The van der Waals surface area contributed by atoms with E-state index in [0.29, 0.717) is 6.10 Å². The SMILES string of the molecule is CC(C)CNCCCNC[C@H]1CCCO1. The summed E-state index contributed by atoms with van der Waals surface area (Å²) in [6, 6.07) is 0. The van der Waals surface area contributed by atoms with Crippen molar-refractivity contribution in [2.75, 3.05) is 32.8 Å². The quantitative estimate of drug-likeness (QED) is 0.599. The van der Waals surface area contributed by atoms with E-state index in [1.807, 2.05) is 0 Å². The van der Waals surface area contributed by atoms with Crippen molar-refractivity contribution >= 4 is 0 Å². The first-order valence-electron chi connectivity index (χ1n) is 6.32. The Kier molecular flexibility index (Phi) is 6.98. The largest absolute Gasteiger partial charge is 0.377 e. The standard InChI is InChI=1S/C12H26N2O/c1-11(2)9-13-6-4-7-14-10-12-5-3-8-15-12/h11-14H,3-10H2,1-2H3/t12-/m1/s1. The summed E-state index contributed by atoms with van der Waals surface area (Å²) in [6.45, 7) is 9.82. The van der Waals surface area contributed by atoms with Crippen LogP contribution in [0.1, 0.15) is 33.1 Å². The van der Waals surface area contributed by atoms with E-state index in [-0.39, 0.29) is 0 Å². The van der Waals surface area contributed by atoms with Crippen molar-refractivity contribution in [3.8, 4) is 0 Å². The van der Waals surface area contributed by atoms with Crippen LogP contribution in [0, 0.1) is 5.92 Å². The molecule has 1 atom stereocenters. The van der Waals surface area contributed by atoms with Gasteiger partial charge in [0.25, 0.3) is 0 Å². The molecule has 0 radical (unpaired) electrons. The Morgan fingerprint density at radius 3 is 2.73 bits per heavy atom. The Bertz CT molecular complexity index is 145. The molecule has 1 heterocycles. The topological polar surface area (TPSA) is 33.3 Å². The fourth-order valence-corrected chi connectivity index (χ4v) is 1.80. The lowest BCUT2D eigenvalue weighted by Crippen LogP contribution is -2.29. The van der Waals surface area contributed by atoms with Crippen molar-refractivity contribution in [2.24, 2.45) is 5.92 Å². The third-order valence-electron chi connectivity index (χ3n) is 2.66. The van der Waals surface area contributed by atoms with Crippen LogP contribution in [0.25, 0.3) is 0 Å². The molecule has 1 aliphatic heterocycles. The van der Waals surface area contributed by atoms with Crippen LogP contribution < -0.4 is 10.6 Å². The summed E-state index contributed by atoms with van der Waals surface area (Å²) in [6.07, 6.45) is 4.16. The van der Waals surface area contributed by atoms with Gasteiger partial charge < -0.3 is 15.4 Å². The predicted octanol–water partition coefficient (Wildman–Crippen LogP) is 1.39. The van der Waals surface area contributed by atoms with Gasteiger partial charge in [0.05, 0.1) is 6.10 Å². The zero-order valence-corrected chi connectivity index (χ0v) is 10.2. The van der Waals surface area contributed by atoms with Crippen LogP contribution in [0.4, 0.5) is 0 Å². The second-order valence-corrected chi connectivity index (χ2v) is 4.79. The Morgan fingerprint density at radius 2 is 2.07 bits per heavy atom. The summed E-state index contributed by atoms with van der Waals surface area (Å²) in [4.78, 5) is 0. The van der Waals surface area contributed by atoms with E-state index >= 15 is 0 Å². The third-order valence-corrected chi connectivity index (χ3v) is 2.66. The number of hydrogen-bond donors (Lipinski definition) is 2. The van der Waals surface area contributed by atoms with Crippen LogP contribution in [0.5, 0.6) is 0 Å². The summed E-state index contributed by atoms with van der Waals surface area (Å²) in [7, 11) is 0. The second-order valence-electron chi connectivity index (χ2n) is 4.79. The molecule has 0 spiro atoms. The number of hydrogen-bond acceptors (Lipinski definition) is 3. The molecule has 1 aliphatic rings. The molecule has 1 rings (SSSR count). The van der Waals surface area contributed by atoms with Gasteiger partial charge >= 0.3 is 0 Å². The van der Waals surface area contributed by atoms with Crippen molar-refractivity contribution < 1.29 is 4.74 Å². The van der Waals surface area contributed by atoms with Crippen molar-refractivity contribution in [1.82, 2.24) is 10.6 Å². The van der Waals surface area contributed by atoms with Gasteiger partial charge in [-0.15, -0.1) is 0 Å². The van der Waals surface area contributed by atoms with Crippen molar-refractivity contribution in [3.05, 3.63) is 0 Å². The number of rotatable bonds is 8. The maximum absolute atomic E-state index is 5.53. The molecule has 0 aromatic carbocycles. The monoisotopic (exact) mass is 214 g/mol. The summed E-state index contributed by atoms with van der Waals surface area (Å²) in [5, 5.41) is 6.89. The molecule has 0 aromatic heterocycles. The summed E-state index contributed by atoms with van der Waals surface area (Å²) < 4.78 is 5.53. The highest BCUT2D eigenvalue weighted by Gasteiger charge is 2.13. The molecule has 2 N–H and O–H groups in total. The first-order valence-corrected chi connectivity index (χ1v) is 6.32. The lowest BCUT2D eigenvalue weighted by Gasteiger charge is -2.11. The predicted molar refractivity (Wildman–Crippen MR) is 64.2 cm³/mol. The minimum Gasteiger partial charge on any atom is -0.377 e. The zero-order chi connectivity index (χ0) is 10.9. The first-order chi connectivity index (χ1) is 7.29. The normalized spacial score (nSPS) is 21.4. The highest BCUT2D eigenvalue weighted by Crippen LogP contribution is 2.10. The summed E-state index contributed by atoms with van der Waals surface area (Å²) in [5.74, 6) is 0.754. The molecule has 0 aromatic rings. The Morgan fingerprint density at radius 1 is 1.27 bits per heavy atom. The average molecular weight is 214 g/mol. The van der Waals surface area contributed by atoms with E-state index < -0.39 is 0 Å². The molecular formula is C12H26N2O. The Labute approximate surface area is 94.0 Å². The molecule has 0 saturated carbocycles. The maximum Gasteiger partial charge on any atom is 0.0700 e. The van der Waals surface area contributed by atoms with Crippen LogP contribution in [-0.4, -0.2) is 38.9 Å². The van der Waals surface area contributed by atoms with Crippen LogP contribution in [-0.2, 0) is 4.74 Å². The molecule has 3 heteroatoms. The van der Waals surface area contributed by atoms with E-state index in [2.05, 4.69) is 24.5 Å². The smallest absolute Gasteiger partial charge is 0.0700 e. The van der Waals surface area contributed by atoms with Gasteiger partial charge in [0, 0.05) is 13.2 Å². The van der Waals surface area contributed by atoms with E-state index in [0.717, 1.165) is 38.7 Å². The number of nitrogens with one attached hydrogen (secondary N) is 2. The van der Waals surface area contributed by atoms with Crippen LogP contribution >= 0.6 is 0 Å². The van der Waals surface area contributed by atoms with E-state index in [9.17, 15) is 0 Å². The van der Waals surface area contributed by atoms with Crippen LogP contribution in [0.2, 0.25) is 0 Å². The van der Waals surface area contributed by atoms with E-state index in [1.165, 1.54) is 19.3 Å². The van der Waals surface area contributed by atoms with Crippen molar-refractivity contribution in [2.45, 2.75) is 39.2 Å². The third kappa shape index (κ3) is 6.88. The highest BCUT2D eigenvalue weighted by atomic mass is 16.5. The molecule has 0 bridgehead atoms. The average Bonchev–Trinajstić information content (AvgIpc) is 2.68. The van der Waals surface area contributed by atoms with Crippen molar-refractivity contribution in [3.63, 3.8) is 0 Å². The van der Waals surface area contributed by atoms with Gasteiger partial charge in [-0.1, -0.05) is 13.8 Å². The molecule has 15 heavy (non-hydrogen) atoms. The van der Waals surface area contributed by atoms with Crippen LogP contribution in [0.15, 0.2) is 0 Å². The van der Waals surface area contributed by atoms with Gasteiger partial charge in [-0.2, -0.15) is 0 Å². The molecule has 0 amide bonds. The van der Waals surface area contributed by atoms with Crippen molar-refractivity contribution in [1.29, 1.82) is 0 Å². The minimum absolute atomic E-state index is 0.480. The molecular weight excluding hydrogens is 188 g/mol. The Hall–Kier alpha value is -0.120. The fraction of sp³-hybridized carbons (Fsp3) is 1.00. The van der Waals surface area contributed by atoms with Crippen LogP contribution in [0.3, 0.4) is 0 Å². The van der Waals surface area contributed by atoms with Gasteiger partial charge in [0.1, 0.15) is 0 Å². The van der Waals surface area contributed by atoms with E-state index in [4.69, 9.17) is 4.74 Å². The highest BCUT2D eigenvalue weighted by molar-refractivity contribution is 4.67. The van der Waals surface area contributed by atoms with Gasteiger partial charge in [0.2, 0.25) is 0 Å². The van der Waals surface area contributed by atoms with Gasteiger partial charge in [-0.25, -0.2) is 0 Å².